The summed E-state index contributed by atoms with van der Waals surface area (Å²) >= 11 is 5.71. The molecule has 0 aliphatic heterocycles. The molecule has 1 heterocycles. The third-order valence-electron chi connectivity index (χ3n) is 2.41. The molecule has 20 heavy (non-hydrogen) atoms. The molecule has 0 aliphatic carbocycles. The molecular weight excluding hydrogens is 284 g/mol. The Hall–Kier alpha value is -2.25. The molecule has 2 rings (SSSR count). The largest absolute Gasteiger partial charge is 0.390 e. The number of imide groups is 1. The molecule has 7 nitrogen and oxygen atoms in total. The lowest BCUT2D eigenvalue weighted by Gasteiger charge is -2.04. The van der Waals surface area contributed by atoms with Crippen molar-refractivity contribution in [2.45, 2.75) is 13.2 Å². The van der Waals surface area contributed by atoms with Crippen LogP contribution in [-0.2, 0) is 17.9 Å². The first-order valence-electron chi connectivity index (χ1n) is 5.68. The van der Waals surface area contributed by atoms with Crippen LogP contribution in [0.2, 0.25) is 5.02 Å². The van der Waals surface area contributed by atoms with Gasteiger partial charge in [0, 0.05) is 10.6 Å². The molecule has 0 bridgehead atoms. The van der Waals surface area contributed by atoms with E-state index in [9.17, 15) is 9.59 Å². The van der Waals surface area contributed by atoms with E-state index in [-0.39, 0.29) is 13.2 Å². The highest BCUT2D eigenvalue weighted by molar-refractivity contribution is 6.30. The monoisotopic (exact) mass is 294 g/mol. The van der Waals surface area contributed by atoms with Crippen molar-refractivity contribution in [3.05, 3.63) is 46.7 Å². The van der Waals surface area contributed by atoms with Crippen LogP contribution in [0.4, 0.5) is 0 Å². The minimum atomic E-state index is -0.528. The second-order valence-electron chi connectivity index (χ2n) is 3.95. The van der Waals surface area contributed by atoms with E-state index < -0.39 is 11.8 Å². The second kappa shape index (κ2) is 6.27. The van der Waals surface area contributed by atoms with E-state index in [0.29, 0.717) is 16.3 Å². The molecule has 0 fully saturated rings. The van der Waals surface area contributed by atoms with Crippen LogP contribution in [0.3, 0.4) is 0 Å². The molecule has 0 spiro atoms. The highest BCUT2D eigenvalue weighted by Gasteiger charge is 2.11. The average Bonchev–Trinajstić information content (AvgIpc) is 2.86. The topological polar surface area (TPSA) is 97.1 Å². The third kappa shape index (κ3) is 3.62. The fourth-order valence-corrected chi connectivity index (χ4v) is 1.60. The van der Waals surface area contributed by atoms with Crippen molar-refractivity contribution in [3.8, 4) is 0 Å². The Morgan fingerprint density at radius 2 is 2.00 bits per heavy atom. The number of nitrogens with zero attached hydrogens (tertiary/aromatic N) is 3. The highest BCUT2D eigenvalue weighted by atomic mass is 35.5. The van der Waals surface area contributed by atoms with Gasteiger partial charge in [-0.3, -0.25) is 14.9 Å². The van der Waals surface area contributed by atoms with Gasteiger partial charge in [0.1, 0.15) is 12.2 Å². The zero-order valence-electron chi connectivity index (χ0n) is 10.3. The number of aromatic nitrogens is 3. The smallest absolute Gasteiger partial charge is 0.257 e. The van der Waals surface area contributed by atoms with Gasteiger partial charge >= 0.3 is 0 Å². The SMILES string of the molecule is O=C(Cn1cc(CO)nn1)NC(=O)c1ccc(Cl)cc1. The van der Waals surface area contributed by atoms with Crippen molar-refractivity contribution in [3.63, 3.8) is 0 Å². The predicted molar refractivity (Wildman–Crippen MR) is 69.9 cm³/mol. The number of halogens is 1. The van der Waals surface area contributed by atoms with E-state index in [2.05, 4.69) is 15.6 Å². The zero-order valence-corrected chi connectivity index (χ0v) is 11.0. The molecule has 0 saturated heterocycles. The van der Waals surface area contributed by atoms with Gasteiger partial charge in [-0.1, -0.05) is 16.8 Å². The molecule has 104 valence electrons. The number of carbonyl (C=O) groups is 2. The average molecular weight is 295 g/mol. The molecule has 2 amide bonds. The van der Waals surface area contributed by atoms with E-state index in [1.807, 2.05) is 0 Å². The van der Waals surface area contributed by atoms with E-state index in [1.165, 1.54) is 23.0 Å². The Bertz CT molecular complexity index is 624. The fourth-order valence-electron chi connectivity index (χ4n) is 1.47. The van der Waals surface area contributed by atoms with Gasteiger partial charge in [0.05, 0.1) is 12.8 Å². The van der Waals surface area contributed by atoms with Gasteiger partial charge in [-0.2, -0.15) is 0 Å². The van der Waals surface area contributed by atoms with Gasteiger partial charge in [-0.25, -0.2) is 4.68 Å². The first-order chi connectivity index (χ1) is 9.58. The standard InChI is InChI=1S/C12H11ClN4O3/c13-9-3-1-8(2-4-9)12(20)14-11(19)6-17-5-10(7-18)15-16-17/h1-5,18H,6-7H2,(H,14,19,20). The third-order valence-corrected chi connectivity index (χ3v) is 2.67. The lowest BCUT2D eigenvalue weighted by atomic mass is 10.2. The summed E-state index contributed by atoms with van der Waals surface area (Å²) in [5, 5.41) is 18.8. The molecule has 1 aromatic carbocycles. The predicted octanol–water partition coefficient (Wildman–Crippen LogP) is 0.380. The van der Waals surface area contributed by atoms with Crippen molar-refractivity contribution in [1.29, 1.82) is 0 Å². The Labute approximate surface area is 119 Å². The first kappa shape index (κ1) is 14.2. The van der Waals surface area contributed by atoms with E-state index >= 15 is 0 Å². The molecule has 1 aromatic heterocycles. The number of benzene rings is 1. The summed E-state index contributed by atoms with van der Waals surface area (Å²) in [6.07, 6.45) is 1.42. The Balaban J connectivity index is 1.94. The number of amides is 2. The molecule has 8 heteroatoms. The Morgan fingerprint density at radius 3 is 2.60 bits per heavy atom. The second-order valence-corrected chi connectivity index (χ2v) is 4.39. The van der Waals surface area contributed by atoms with Gasteiger partial charge in [-0.15, -0.1) is 5.10 Å². The summed E-state index contributed by atoms with van der Waals surface area (Å²) in [5.74, 6) is -1.05. The van der Waals surface area contributed by atoms with Crippen LogP contribution in [0, 0.1) is 0 Å². The normalized spacial score (nSPS) is 10.3. The number of carbonyl (C=O) groups excluding carboxylic acids is 2. The van der Waals surface area contributed by atoms with Crippen LogP contribution in [0.5, 0.6) is 0 Å². The van der Waals surface area contributed by atoms with E-state index in [1.54, 1.807) is 12.1 Å². The van der Waals surface area contributed by atoms with Crippen LogP contribution in [0.15, 0.2) is 30.5 Å². The molecule has 0 unspecified atom stereocenters. The van der Waals surface area contributed by atoms with Crippen molar-refractivity contribution >= 4 is 23.4 Å². The van der Waals surface area contributed by atoms with Gasteiger partial charge in [0.15, 0.2) is 0 Å². The van der Waals surface area contributed by atoms with Crippen LogP contribution >= 0.6 is 11.6 Å². The molecule has 0 aliphatic rings. The summed E-state index contributed by atoms with van der Waals surface area (Å²) in [6, 6.07) is 6.16. The summed E-state index contributed by atoms with van der Waals surface area (Å²) in [6.45, 7) is -0.419. The molecule has 0 saturated carbocycles. The molecule has 2 aromatic rings. The van der Waals surface area contributed by atoms with Gasteiger partial charge in [0.2, 0.25) is 5.91 Å². The van der Waals surface area contributed by atoms with Crippen LogP contribution < -0.4 is 5.32 Å². The van der Waals surface area contributed by atoms with Crippen molar-refractivity contribution in [1.82, 2.24) is 20.3 Å². The summed E-state index contributed by atoms with van der Waals surface area (Å²) in [7, 11) is 0. The highest BCUT2D eigenvalue weighted by Crippen LogP contribution is 2.09. The molecular formula is C12H11ClN4O3. The maximum Gasteiger partial charge on any atom is 0.257 e. The zero-order chi connectivity index (χ0) is 14.5. The number of aliphatic hydroxyl groups is 1. The lowest BCUT2D eigenvalue weighted by molar-refractivity contribution is -0.120. The van der Waals surface area contributed by atoms with Crippen molar-refractivity contribution < 1.29 is 14.7 Å². The minimum absolute atomic E-state index is 0.160. The first-order valence-corrected chi connectivity index (χ1v) is 6.06. The molecule has 2 N–H and O–H groups in total. The van der Waals surface area contributed by atoms with Crippen molar-refractivity contribution in [2.24, 2.45) is 0 Å². The van der Waals surface area contributed by atoms with Crippen LogP contribution in [0.1, 0.15) is 16.1 Å². The maximum absolute atomic E-state index is 11.8. The Kier molecular flexibility index (Phi) is 4.44. The lowest BCUT2D eigenvalue weighted by Crippen LogP contribution is -2.33. The summed E-state index contributed by atoms with van der Waals surface area (Å²) in [4.78, 5) is 23.4. The maximum atomic E-state index is 11.8. The Morgan fingerprint density at radius 1 is 1.30 bits per heavy atom. The molecule has 0 radical (unpaired) electrons. The van der Waals surface area contributed by atoms with E-state index in [0.717, 1.165) is 0 Å². The minimum Gasteiger partial charge on any atom is -0.390 e. The van der Waals surface area contributed by atoms with E-state index in [4.69, 9.17) is 16.7 Å². The number of nitrogens with one attached hydrogen (secondary N) is 1. The van der Waals surface area contributed by atoms with Gasteiger partial charge in [0.25, 0.3) is 5.91 Å². The van der Waals surface area contributed by atoms with Crippen molar-refractivity contribution in [2.75, 3.05) is 0 Å². The number of rotatable bonds is 4. The van der Waals surface area contributed by atoms with Crippen LogP contribution in [0.25, 0.3) is 0 Å². The summed E-state index contributed by atoms with van der Waals surface area (Å²) in [5.41, 5.74) is 0.680. The van der Waals surface area contributed by atoms with Crippen LogP contribution in [-0.4, -0.2) is 31.9 Å². The number of aliphatic hydroxyl groups excluding tert-OH is 1. The molecule has 0 atom stereocenters. The summed E-state index contributed by atoms with van der Waals surface area (Å²) < 4.78 is 1.23. The quantitative estimate of drug-likeness (QED) is 0.849. The number of hydrogen-bond acceptors (Lipinski definition) is 5. The number of hydrogen-bond donors (Lipinski definition) is 2. The van der Waals surface area contributed by atoms with Gasteiger partial charge < -0.3 is 5.11 Å². The fraction of sp³-hybridized carbons (Fsp3) is 0.167. The van der Waals surface area contributed by atoms with Gasteiger partial charge in [-0.05, 0) is 24.3 Å².